The summed E-state index contributed by atoms with van der Waals surface area (Å²) in [5, 5.41) is 0. The van der Waals surface area contributed by atoms with Crippen molar-refractivity contribution in [2.24, 2.45) is 29.1 Å². The number of ether oxygens (including phenoxy) is 1. The summed E-state index contributed by atoms with van der Waals surface area (Å²) in [6, 6.07) is 0. The van der Waals surface area contributed by atoms with E-state index < -0.39 is 0 Å². The van der Waals surface area contributed by atoms with Gasteiger partial charge in [0.15, 0.2) is 0 Å². The highest BCUT2D eigenvalue weighted by Crippen LogP contribution is 2.54. The third-order valence-corrected chi connectivity index (χ3v) is 7.28. The molecule has 2 aliphatic carbocycles. The maximum atomic E-state index is 12.6. The van der Waals surface area contributed by atoms with Gasteiger partial charge in [0.25, 0.3) is 0 Å². The van der Waals surface area contributed by atoms with E-state index in [9.17, 15) is 4.79 Å². The molecule has 1 saturated carbocycles. The Labute approximate surface area is 146 Å². The van der Waals surface area contributed by atoms with Crippen molar-refractivity contribution in [3.63, 3.8) is 0 Å². The fraction of sp³-hybridized carbons (Fsp3) is 0.857. The van der Waals surface area contributed by atoms with Crippen molar-refractivity contribution >= 4 is 5.97 Å². The van der Waals surface area contributed by atoms with E-state index in [4.69, 9.17) is 4.74 Å². The van der Waals surface area contributed by atoms with Gasteiger partial charge in [-0.2, -0.15) is 0 Å². The van der Waals surface area contributed by atoms with Gasteiger partial charge in [-0.25, -0.2) is 0 Å². The van der Waals surface area contributed by atoms with Crippen LogP contribution in [0.2, 0.25) is 0 Å². The van der Waals surface area contributed by atoms with E-state index in [1.165, 1.54) is 32.1 Å². The van der Waals surface area contributed by atoms with Crippen molar-refractivity contribution < 1.29 is 9.53 Å². The van der Waals surface area contributed by atoms with Crippen LogP contribution >= 0.6 is 0 Å². The Morgan fingerprint density at radius 1 is 1.29 bits per heavy atom. The number of hydrogen-bond donors (Lipinski definition) is 0. The number of carbonyl (C=O) groups excluding carboxylic acids is 1. The molecule has 2 heterocycles. The van der Waals surface area contributed by atoms with Gasteiger partial charge in [-0.3, -0.25) is 4.79 Å². The van der Waals surface area contributed by atoms with Crippen LogP contribution in [-0.4, -0.2) is 36.6 Å². The summed E-state index contributed by atoms with van der Waals surface area (Å²) in [6.07, 6.45) is 10.2. The number of likely N-dealkylation sites (tertiary alicyclic amines) is 1. The topological polar surface area (TPSA) is 29.5 Å². The molecule has 6 atom stereocenters. The highest BCUT2D eigenvalue weighted by molar-refractivity contribution is 5.76. The molecule has 134 valence electrons. The SMILES string of the molecule is C[C@@H]1CCCN(C[C@@H]2C(=O)O[C@@H]3C[C@@]4(C)CCC[C@H](C)C4=C[C@H]23)C1. The number of rotatable bonds is 2. The molecular formula is C21H33NO2. The predicted molar refractivity (Wildman–Crippen MR) is 95.5 cm³/mol. The van der Waals surface area contributed by atoms with Crippen LogP contribution in [-0.2, 0) is 9.53 Å². The second kappa shape index (κ2) is 6.16. The van der Waals surface area contributed by atoms with Gasteiger partial charge in [-0.05, 0) is 55.9 Å². The third kappa shape index (κ3) is 2.83. The van der Waals surface area contributed by atoms with Crippen molar-refractivity contribution in [2.45, 2.75) is 65.4 Å². The van der Waals surface area contributed by atoms with Crippen LogP contribution in [0.3, 0.4) is 0 Å². The van der Waals surface area contributed by atoms with E-state index in [0.29, 0.717) is 11.8 Å². The zero-order chi connectivity index (χ0) is 16.9. The summed E-state index contributed by atoms with van der Waals surface area (Å²) >= 11 is 0. The molecule has 0 radical (unpaired) electrons. The molecule has 0 aromatic carbocycles. The summed E-state index contributed by atoms with van der Waals surface area (Å²) in [4.78, 5) is 15.1. The van der Waals surface area contributed by atoms with Crippen LogP contribution in [0.1, 0.15) is 59.3 Å². The molecule has 0 N–H and O–H groups in total. The van der Waals surface area contributed by atoms with Gasteiger partial charge in [0.05, 0.1) is 5.92 Å². The van der Waals surface area contributed by atoms with Crippen molar-refractivity contribution in [1.82, 2.24) is 4.90 Å². The van der Waals surface area contributed by atoms with Gasteiger partial charge < -0.3 is 9.64 Å². The number of allylic oxidation sites excluding steroid dienone is 1. The number of esters is 1. The molecule has 0 amide bonds. The first-order valence-electron chi connectivity index (χ1n) is 10.1. The standard InChI is InChI=1S/C21H33NO2/c1-14-6-5-9-22(12-14)13-17-16-10-18-15(2)7-4-8-21(18,3)11-19(16)24-20(17)23/h10,14-17,19H,4-9,11-13H2,1-3H3/t14-,15+,16-,17+,19-,21-/m1/s1. The first-order chi connectivity index (χ1) is 11.5. The highest BCUT2D eigenvalue weighted by Gasteiger charge is 2.51. The Kier molecular flexibility index (Phi) is 4.27. The Bertz CT molecular complexity index is 542. The van der Waals surface area contributed by atoms with Gasteiger partial charge in [0.2, 0.25) is 0 Å². The Balaban J connectivity index is 1.55. The lowest BCUT2D eigenvalue weighted by atomic mass is 9.59. The normalized spacial score (nSPS) is 46.0. The lowest BCUT2D eigenvalue weighted by Crippen LogP contribution is -2.42. The molecule has 2 aliphatic heterocycles. The predicted octanol–water partition coefficient (Wildman–Crippen LogP) is 4.03. The molecule has 0 aromatic heterocycles. The average Bonchev–Trinajstić information content (AvgIpc) is 2.80. The van der Waals surface area contributed by atoms with E-state index in [1.54, 1.807) is 5.57 Å². The Morgan fingerprint density at radius 3 is 2.92 bits per heavy atom. The molecule has 3 nitrogen and oxygen atoms in total. The summed E-state index contributed by atoms with van der Waals surface area (Å²) in [5.74, 6) is 1.88. The van der Waals surface area contributed by atoms with Crippen LogP contribution in [0.4, 0.5) is 0 Å². The Morgan fingerprint density at radius 2 is 2.12 bits per heavy atom. The number of hydrogen-bond acceptors (Lipinski definition) is 3. The first-order valence-corrected chi connectivity index (χ1v) is 10.1. The maximum Gasteiger partial charge on any atom is 0.311 e. The molecule has 0 spiro atoms. The summed E-state index contributed by atoms with van der Waals surface area (Å²) in [6.45, 7) is 10.3. The average molecular weight is 332 g/mol. The first kappa shape index (κ1) is 16.6. The van der Waals surface area contributed by atoms with Gasteiger partial charge >= 0.3 is 5.97 Å². The summed E-state index contributed by atoms with van der Waals surface area (Å²) in [7, 11) is 0. The molecule has 24 heavy (non-hydrogen) atoms. The maximum absolute atomic E-state index is 12.6. The van der Waals surface area contributed by atoms with Crippen molar-refractivity contribution in [1.29, 1.82) is 0 Å². The minimum atomic E-state index is 0.0616. The molecule has 0 bridgehead atoms. The van der Waals surface area contributed by atoms with Gasteiger partial charge in [0.1, 0.15) is 6.10 Å². The summed E-state index contributed by atoms with van der Waals surface area (Å²) < 4.78 is 5.89. The number of carbonyl (C=O) groups is 1. The lowest BCUT2D eigenvalue weighted by Gasteiger charge is -2.46. The van der Waals surface area contributed by atoms with Crippen molar-refractivity contribution in [3.05, 3.63) is 11.6 Å². The zero-order valence-corrected chi connectivity index (χ0v) is 15.6. The quantitative estimate of drug-likeness (QED) is 0.565. The second-order valence-corrected chi connectivity index (χ2v) is 9.35. The summed E-state index contributed by atoms with van der Waals surface area (Å²) in [5.41, 5.74) is 1.90. The molecular weight excluding hydrogens is 298 g/mol. The Hall–Kier alpha value is -0.830. The molecule has 3 fully saturated rings. The van der Waals surface area contributed by atoms with E-state index in [1.807, 2.05) is 0 Å². The van der Waals surface area contributed by atoms with Crippen LogP contribution in [0, 0.1) is 29.1 Å². The van der Waals surface area contributed by atoms with Crippen LogP contribution in [0.15, 0.2) is 11.6 Å². The van der Waals surface area contributed by atoms with E-state index in [2.05, 4.69) is 31.7 Å². The van der Waals surface area contributed by atoms with E-state index in [0.717, 1.165) is 32.0 Å². The van der Waals surface area contributed by atoms with Crippen LogP contribution in [0.25, 0.3) is 0 Å². The fourth-order valence-electron chi connectivity index (χ4n) is 5.99. The van der Waals surface area contributed by atoms with Crippen LogP contribution in [0.5, 0.6) is 0 Å². The largest absolute Gasteiger partial charge is 0.461 e. The van der Waals surface area contributed by atoms with Crippen molar-refractivity contribution in [3.8, 4) is 0 Å². The number of piperidine rings is 1. The highest BCUT2D eigenvalue weighted by atomic mass is 16.6. The van der Waals surface area contributed by atoms with Gasteiger partial charge in [-0.15, -0.1) is 0 Å². The van der Waals surface area contributed by atoms with E-state index >= 15 is 0 Å². The third-order valence-electron chi connectivity index (χ3n) is 7.28. The van der Waals surface area contributed by atoms with Gasteiger partial charge in [0, 0.05) is 19.0 Å². The lowest BCUT2D eigenvalue weighted by molar-refractivity contribution is -0.145. The zero-order valence-electron chi connectivity index (χ0n) is 15.6. The van der Waals surface area contributed by atoms with Crippen molar-refractivity contribution in [2.75, 3.05) is 19.6 Å². The molecule has 0 aromatic rings. The minimum Gasteiger partial charge on any atom is -0.461 e. The molecule has 2 saturated heterocycles. The number of nitrogens with zero attached hydrogens (tertiary/aromatic N) is 1. The van der Waals surface area contributed by atoms with Crippen LogP contribution < -0.4 is 0 Å². The molecule has 0 unspecified atom stereocenters. The smallest absolute Gasteiger partial charge is 0.311 e. The number of fused-ring (bicyclic) bond motifs is 2. The van der Waals surface area contributed by atoms with Gasteiger partial charge in [-0.1, -0.05) is 38.8 Å². The van der Waals surface area contributed by atoms with E-state index in [-0.39, 0.29) is 23.4 Å². The molecule has 3 heteroatoms. The fourth-order valence-corrected chi connectivity index (χ4v) is 5.99. The molecule has 4 aliphatic rings. The second-order valence-electron chi connectivity index (χ2n) is 9.35. The molecule has 4 rings (SSSR count). The minimum absolute atomic E-state index is 0.0616. The monoisotopic (exact) mass is 331 g/mol.